The molecule has 0 radical (unpaired) electrons. The lowest BCUT2D eigenvalue weighted by Gasteiger charge is -2.31. The van der Waals surface area contributed by atoms with Crippen molar-refractivity contribution in [1.82, 2.24) is 4.90 Å². The molecule has 0 spiro atoms. The molecule has 32 heavy (non-hydrogen) atoms. The van der Waals surface area contributed by atoms with E-state index in [1.54, 1.807) is 0 Å². The average molecular weight is 438 g/mol. The summed E-state index contributed by atoms with van der Waals surface area (Å²) in [6, 6.07) is 18.6. The fourth-order valence-corrected chi connectivity index (χ4v) is 3.22. The van der Waals surface area contributed by atoms with Gasteiger partial charge in [0.1, 0.15) is 18.2 Å². The first-order chi connectivity index (χ1) is 15.2. The van der Waals surface area contributed by atoms with E-state index in [0.717, 1.165) is 23.1 Å². The summed E-state index contributed by atoms with van der Waals surface area (Å²) in [5, 5.41) is 0. The third-order valence-corrected chi connectivity index (χ3v) is 4.87. The lowest BCUT2D eigenvalue weighted by Crippen LogP contribution is -2.45. The van der Waals surface area contributed by atoms with Crippen molar-refractivity contribution >= 4 is 11.9 Å². The van der Waals surface area contributed by atoms with Gasteiger partial charge in [-0.15, -0.1) is 0 Å². The van der Waals surface area contributed by atoms with E-state index in [-0.39, 0.29) is 13.0 Å². The van der Waals surface area contributed by atoms with E-state index in [0.29, 0.717) is 13.1 Å². The summed E-state index contributed by atoms with van der Waals surface area (Å²) < 4.78 is 11.2. The molecule has 0 aliphatic carbocycles. The number of hydrogen-bond donors (Lipinski definition) is 0. The predicted octanol–water partition coefficient (Wildman–Crippen LogP) is 5.30. The number of benzene rings is 2. The minimum atomic E-state index is -0.780. The zero-order valence-electron chi connectivity index (χ0n) is 19.7. The Morgan fingerprint density at radius 2 is 1.53 bits per heavy atom. The molecule has 0 N–H and O–H groups in total. The van der Waals surface area contributed by atoms with Crippen LogP contribution in [0.5, 0.6) is 0 Å². The molecular formula is C27H35NO4. The van der Waals surface area contributed by atoms with Crippen LogP contribution in [0.3, 0.4) is 0 Å². The van der Waals surface area contributed by atoms with Gasteiger partial charge in [-0.25, -0.2) is 0 Å². The van der Waals surface area contributed by atoms with E-state index in [1.807, 2.05) is 93.3 Å². The molecule has 0 amide bonds. The van der Waals surface area contributed by atoms with Crippen LogP contribution in [0.25, 0.3) is 0 Å². The number of carbonyl (C=O) groups is 2. The normalized spacial score (nSPS) is 12.3. The van der Waals surface area contributed by atoms with Gasteiger partial charge in [-0.3, -0.25) is 14.5 Å². The van der Waals surface area contributed by atoms with E-state index in [1.165, 1.54) is 0 Å². The Morgan fingerprint density at radius 1 is 0.969 bits per heavy atom. The Kier molecular flexibility index (Phi) is 9.66. The molecule has 2 rings (SSSR count). The van der Waals surface area contributed by atoms with Crippen LogP contribution in [0.4, 0.5) is 0 Å². The molecular weight excluding hydrogens is 402 g/mol. The molecule has 1 atom stereocenters. The van der Waals surface area contributed by atoms with E-state index in [4.69, 9.17) is 9.47 Å². The Bertz CT molecular complexity index is 872. The third kappa shape index (κ3) is 9.06. The number of esters is 2. The second-order valence-electron chi connectivity index (χ2n) is 8.89. The van der Waals surface area contributed by atoms with Crippen molar-refractivity contribution < 1.29 is 19.1 Å². The number of ether oxygens (including phenoxy) is 2. The van der Waals surface area contributed by atoms with Gasteiger partial charge in [0.15, 0.2) is 0 Å². The molecule has 0 fully saturated rings. The third-order valence-electron chi connectivity index (χ3n) is 4.87. The molecule has 0 aromatic heterocycles. The quantitative estimate of drug-likeness (QED) is 0.353. The number of hydrogen-bond acceptors (Lipinski definition) is 5. The molecule has 5 nitrogen and oxygen atoms in total. The maximum absolute atomic E-state index is 13.2. The summed E-state index contributed by atoms with van der Waals surface area (Å²) in [6.45, 7) is 12.7. The van der Waals surface area contributed by atoms with E-state index >= 15 is 0 Å². The summed E-state index contributed by atoms with van der Waals surface area (Å²) in [5.41, 5.74) is 2.28. The van der Waals surface area contributed by atoms with Gasteiger partial charge >= 0.3 is 11.9 Å². The van der Waals surface area contributed by atoms with E-state index < -0.39 is 23.6 Å². The van der Waals surface area contributed by atoms with Crippen LogP contribution in [-0.4, -0.2) is 35.0 Å². The Hall–Kier alpha value is -2.92. The van der Waals surface area contributed by atoms with Crippen molar-refractivity contribution in [2.75, 3.05) is 6.54 Å². The minimum absolute atomic E-state index is 0.0886. The number of rotatable bonds is 11. The first kappa shape index (κ1) is 25.3. The summed E-state index contributed by atoms with van der Waals surface area (Å²) in [7, 11) is 0. The zero-order valence-corrected chi connectivity index (χ0v) is 19.7. The molecule has 0 saturated carbocycles. The fourth-order valence-electron chi connectivity index (χ4n) is 3.22. The largest absolute Gasteiger partial charge is 0.460 e. The highest BCUT2D eigenvalue weighted by Gasteiger charge is 2.32. The van der Waals surface area contributed by atoms with Gasteiger partial charge in [0, 0.05) is 13.1 Å². The highest BCUT2D eigenvalue weighted by molar-refractivity contribution is 5.83. The summed E-state index contributed by atoms with van der Waals surface area (Å²) in [6.07, 6.45) is 0.693. The topological polar surface area (TPSA) is 55.8 Å². The van der Waals surface area contributed by atoms with Crippen LogP contribution >= 0.6 is 0 Å². The lowest BCUT2D eigenvalue weighted by atomic mass is 10.1. The zero-order chi connectivity index (χ0) is 23.6. The van der Waals surface area contributed by atoms with Gasteiger partial charge in [0.2, 0.25) is 0 Å². The Morgan fingerprint density at radius 3 is 2.06 bits per heavy atom. The first-order valence-corrected chi connectivity index (χ1v) is 11.0. The smallest absolute Gasteiger partial charge is 0.324 e. The molecule has 2 aromatic carbocycles. The van der Waals surface area contributed by atoms with Crippen LogP contribution in [0.2, 0.25) is 0 Å². The highest BCUT2D eigenvalue weighted by Crippen LogP contribution is 2.19. The van der Waals surface area contributed by atoms with Gasteiger partial charge in [0.25, 0.3) is 0 Å². The SMILES string of the molecule is C=C(CC)CN(Cc1ccccc1)[C@@H](CC(=O)OC(C)(C)C)C(=O)OCc1ccccc1. The predicted molar refractivity (Wildman–Crippen MR) is 127 cm³/mol. The van der Waals surface area contributed by atoms with Gasteiger partial charge < -0.3 is 9.47 Å². The van der Waals surface area contributed by atoms with E-state index in [2.05, 4.69) is 6.58 Å². The first-order valence-electron chi connectivity index (χ1n) is 11.0. The molecule has 0 aliphatic heterocycles. The lowest BCUT2D eigenvalue weighted by molar-refractivity contribution is -0.163. The van der Waals surface area contributed by atoms with Crippen molar-refractivity contribution in [3.63, 3.8) is 0 Å². The summed E-state index contributed by atoms with van der Waals surface area (Å²) in [5.74, 6) is -0.876. The summed E-state index contributed by atoms with van der Waals surface area (Å²) in [4.78, 5) is 27.9. The molecule has 172 valence electrons. The maximum atomic E-state index is 13.2. The van der Waals surface area contributed by atoms with Gasteiger partial charge in [-0.05, 0) is 38.3 Å². The highest BCUT2D eigenvalue weighted by atomic mass is 16.6. The van der Waals surface area contributed by atoms with Crippen LogP contribution in [-0.2, 0) is 32.2 Å². The monoisotopic (exact) mass is 437 g/mol. The van der Waals surface area contributed by atoms with Crippen LogP contribution in [0.1, 0.15) is 51.7 Å². The fraction of sp³-hybridized carbons (Fsp3) is 0.407. The molecule has 5 heteroatoms. The van der Waals surface area contributed by atoms with Crippen molar-refractivity contribution in [3.8, 4) is 0 Å². The van der Waals surface area contributed by atoms with Crippen LogP contribution in [0.15, 0.2) is 72.8 Å². The second kappa shape index (κ2) is 12.2. The maximum Gasteiger partial charge on any atom is 0.324 e. The van der Waals surface area contributed by atoms with Crippen molar-refractivity contribution in [3.05, 3.63) is 83.9 Å². The molecule has 0 saturated heterocycles. The van der Waals surface area contributed by atoms with Gasteiger partial charge in [-0.1, -0.05) is 79.7 Å². The summed E-state index contributed by atoms with van der Waals surface area (Å²) >= 11 is 0. The minimum Gasteiger partial charge on any atom is -0.460 e. The molecule has 2 aromatic rings. The molecule has 0 unspecified atom stereocenters. The Labute approximate surface area is 192 Å². The average Bonchev–Trinajstić information content (AvgIpc) is 2.75. The van der Waals surface area contributed by atoms with Gasteiger partial charge in [-0.2, -0.15) is 0 Å². The number of carbonyl (C=O) groups excluding carboxylic acids is 2. The van der Waals surface area contributed by atoms with Crippen LogP contribution < -0.4 is 0 Å². The Balaban J connectivity index is 2.26. The van der Waals surface area contributed by atoms with Crippen molar-refractivity contribution in [2.45, 2.75) is 65.3 Å². The molecule has 0 bridgehead atoms. The van der Waals surface area contributed by atoms with Crippen molar-refractivity contribution in [1.29, 1.82) is 0 Å². The molecule has 0 heterocycles. The van der Waals surface area contributed by atoms with Gasteiger partial charge in [0.05, 0.1) is 6.42 Å². The van der Waals surface area contributed by atoms with E-state index in [9.17, 15) is 9.59 Å². The van der Waals surface area contributed by atoms with Crippen molar-refractivity contribution in [2.24, 2.45) is 0 Å². The standard InChI is InChI=1S/C27H35NO4/c1-6-21(2)18-28(19-22-13-9-7-10-14-22)24(17-25(29)32-27(3,4)5)26(30)31-20-23-15-11-8-12-16-23/h7-16,24H,2,6,17-20H2,1,3-5H3/t24-/m0/s1. The molecule has 0 aliphatic rings. The second-order valence-corrected chi connectivity index (χ2v) is 8.89. The number of nitrogens with zero attached hydrogens (tertiary/aromatic N) is 1. The van der Waals surface area contributed by atoms with Crippen LogP contribution in [0, 0.1) is 0 Å².